The van der Waals surface area contributed by atoms with Gasteiger partial charge in [-0.15, -0.1) is 11.8 Å². The van der Waals surface area contributed by atoms with Gasteiger partial charge in [-0.1, -0.05) is 12.1 Å². The Morgan fingerprint density at radius 1 is 1.23 bits per heavy atom. The van der Waals surface area contributed by atoms with Crippen molar-refractivity contribution in [2.24, 2.45) is 0 Å². The van der Waals surface area contributed by atoms with Gasteiger partial charge in [-0.25, -0.2) is 4.39 Å². The lowest BCUT2D eigenvalue weighted by Crippen LogP contribution is -2.50. The maximum atomic E-state index is 12.9. The van der Waals surface area contributed by atoms with Crippen molar-refractivity contribution in [1.82, 2.24) is 5.32 Å². The molecular weight excluding hydrogens is 355 g/mol. The number of fused-ring (bicyclic) bond motifs is 1. The van der Waals surface area contributed by atoms with Gasteiger partial charge in [0.15, 0.2) is 6.10 Å². The van der Waals surface area contributed by atoms with Crippen LogP contribution in [0.25, 0.3) is 0 Å². The number of amides is 2. The van der Waals surface area contributed by atoms with E-state index in [1.165, 1.54) is 30.9 Å². The van der Waals surface area contributed by atoms with Crippen LogP contribution in [0.2, 0.25) is 0 Å². The summed E-state index contributed by atoms with van der Waals surface area (Å²) < 4.78 is 18.6. The van der Waals surface area contributed by atoms with E-state index in [2.05, 4.69) is 5.32 Å². The Kier molecular flexibility index (Phi) is 5.78. The van der Waals surface area contributed by atoms with Crippen LogP contribution in [0.4, 0.5) is 10.1 Å². The Bertz CT molecular complexity index is 798. The number of anilines is 1. The minimum atomic E-state index is -0.733. The second-order valence-corrected chi connectivity index (χ2v) is 6.91. The third kappa shape index (κ3) is 4.16. The van der Waals surface area contributed by atoms with E-state index in [0.717, 1.165) is 4.90 Å². The Balaban J connectivity index is 1.66. The lowest BCUT2D eigenvalue weighted by atomic mass is 10.1. The number of nitrogens with one attached hydrogen (secondary N) is 1. The van der Waals surface area contributed by atoms with Crippen LogP contribution in [0, 0.1) is 5.82 Å². The first-order valence-electron chi connectivity index (χ1n) is 8.24. The minimum Gasteiger partial charge on any atom is -0.477 e. The highest BCUT2D eigenvalue weighted by Gasteiger charge is 2.32. The Hall–Kier alpha value is -2.54. The molecule has 136 valence electrons. The average Bonchev–Trinajstić information content (AvgIpc) is 2.67. The van der Waals surface area contributed by atoms with Crippen molar-refractivity contribution in [2.45, 2.75) is 17.4 Å². The van der Waals surface area contributed by atoms with Crippen LogP contribution in [0.15, 0.2) is 53.4 Å². The third-order valence-corrected chi connectivity index (χ3v) is 5.03. The predicted octanol–water partition coefficient (Wildman–Crippen LogP) is 2.85. The number of rotatable bonds is 5. The molecule has 2 aromatic carbocycles. The highest BCUT2D eigenvalue weighted by molar-refractivity contribution is 7.99. The molecule has 1 aliphatic rings. The summed E-state index contributed by atoms with van der Waals surface area (Å²) in [4.78, 5) is 27.2. The minimum absolute atomic E-state index is 0.0794. The molecule has 1 atom stereocenters. The van der Waals surface area contributed by atoms with Crippen LogP contribution in [0.5, 0.6) is 5.75 Å². The van der Waals surface area contributed by atoms with Gasteiger partial charge in [0.25, 0.3) is 5.91 Å². The number of nitrogens with zero attached hydrogens (tertiary/aromatic N) is 1. The zero-order valence-electron chi connectivity index (χ0n) is 14.3. The van der Waals surface area contributed by atoms with E-state index in [-0.39, 0.29) is 24.2 Å². The number of carbonyl (C=O) groups is 2. The molecule has 0 radical (unpaired) electrons. The number of likely N-dealkylation sites (N-methyl/N-ethyl adjacent to an activating group) is 1. The Morgan fingerprint density at radius 3 is 2.69 bits per heavy atom. The first kappa shape index (κ1) is 18.3. The molecule has 0 aliphatic carbocycles. The van der Waals surface area contributed by atoms with Gasteiger partial charge in [0.2, 0.25) is 5.91 Å². The quantitative estimate of drug-likeness (QED) is 0.818. The maximum Gasteiger partial charge on any atom is 0.262 e. The van der Waals surface area contributed by atoms with Crippen LogP contribution < -0.4 is 15.0 Å². The van der Waals surface area contributed by atoms with Crippen LogP contribution in [-0.2, 0) is 9.59 Å². The number of halogens is 1. The van der Waals surface area contributed by atoms with E-state index >= 15 is 0 Å². The van der Waals surface area contributed by atoms with Crippen LogP contribution in [0.3, 0.4) is 0 Å². The smallest absolute Gasteiger partial charge is 0.262 e. The molecule has 0 unspecified atom stereocenters. The number of hydrogen-bond donors (Lipinski definition) is 1. The fourth-order valence-electron chi connectivity index (χ4n) is 2.69. The van der Waals surface area contributed by atoms with Crippen molar-refractivity contribution in [2.75, 3.05) is 24.2 Å². The summed E-state index contributed by atoms with van der Waals surface area (Å²) in [5.74, 6) is 0.457. The van der Waals surface area contributed by atoms with Gasteiger partial charge < -0.3 is 15.0 Å². The van der Waals surface area contributed by atoms with Crippen molar-refractivity contribution in [3.05, 3.63) is 54.3 Å². The summed E-state index contributed by atoms with van der Waals surface area (Å²) in [6.07, 6.45) is -0.430. The standard InChI is InChI=1S/C19H19FN2O3S/c1-21-19(24)17-12-22(15-4-2-3-5-16(15)25-17)18(23)10-11-26-14-8-6-13(20)7-9-14/h2-9,17H,10-12H2,1H3,(H,21,24)/t17-/m1/s1. The SMILES string of the molecule is CNC(=O)[C@H]1CN(C(=O)CCSc2ccc(F)cc2)c2ccccc2O1. The molecule has 0 spiro atoms. The van der Waals surface area contributed by atoms with Gasteiger partial charge >= 0.3 is 0 Å². The topological polar surface area (TPSA) is 58.6 Å². The molecule has 1 aliphatic heterocycles. The van der Waals surface area contributed by atoms with Crippen molar-refractivity contribution >= 4 is 29.3 Å². The molecular formula is C19H19FN2O3S. The molecule has 2 aromatic rings. The number of thioether (sulfide) groups is 1. The fraction of sp³-hybridized carbons (Fsp3) is 0.263. The highest BCUT2D eigenvalue weighted by atomic mass is 32.2. The summed E-state index contributed by atoms with van der Waals surface area (Å²) in [6, 6.07) is 13.4. The van der Waals surface area contributed by atoms with E-state index in [0.29, 0.717) is 23.6 Å². The number of ether oxygens (including phenoxy) is 1. The van der Waals surface area contributed by atoms with Gasteiger partial charge in [0, 0.05) is 24.1 Å². The van der Waals surface area contributed by atoms with E-state index in [4.69, 9.17) is 4.74 Å². The number of hydrogen-bond acceptors (Lipinski definition) is 4. The number of para-hydroxylation sites is 2. The van der Waals surface area contributed by atoms with Crippen LogP contribution in [-0.4, -0.2) is 37.3 Å². The zero-order valence-corrected chi connectivity index (χ0v) is 15.1. The Labute approximate surface area is 155 Å². The molecule has 1 N–H and O–H groups in total. The first-order chi connectivity index (χ1) is 12.6. The van der Waals surface area contributed by atoms with Crippen LogP contribution >= 0.6 is 11.8 Å². The summed E-state index contributed by atoms with van der Waals surface area (Å²) in [7, 11) is 1.54. The van der Waals surface area contributed by atoms with Crippen molar-refractivity contribution in [1.29, 1.82) is 0 Å². The van der Waals surface area contributed by atoms with Crippen molar-refractivity contribution < 1.29 is 18.7 Å². The van der Waals surface area contributed by atoms with Gasteiger partial charge in [-0.3, -0.25) is 9.59 Å². The fourth-order valence-corrected chi connectivity index (χ4v) is 3.53. The van der Waals surface area contributed by atoms with E-state index < -0.39 is 6.10 Å². The largest absolute Gasteiger partial charge is 0.477 e. The molecule has 5 nitrogen and oxygen atoms in total. The monoisotopic (exact) mass is 374 g/mol. The van der Waals surface area contributed by atoms with E-state index in [1.807, 2.05) is 6.07 Å². The molecule has 0 saturated heterocycles. The van der Waals surface area contributed by atoms with Crippen molar-refractivity contribution in [3.8, 4) is 5.75 Å². The zero-order chi connectivity index (χ0) is 18.5. The molecule has 2 amide bonds. The average molecular weight is 374 g/mol. The summed E-state index contributed by atoms with van der Waals surface area (Å²) in [5.41, 5.74) is 0.671. The summed E-state index contributed by atoms with van der Waals surface area (Å²) in [6.45, 7) is 0.177. The van der Waals surface area contributed by atoms with Crippen LogP contribution in [0.1, 0.15) is 6.42 Å². The first-order valence-corrected chi connectivity index (χ1v) is 9.23. The molecule has 0 saturated carbocycles. The molecule has 0 aromatic heterocycles. The second-order valence-electron chi connectivity index (χ2n) is 5.75. The normalized spacial score (nSPS) is 15.8. The van der Waals surface area contributed by atoms with Gasteiger partial charge in [0.1, 0.15) is 11.6 Å². The Morgan fingerprint density at radius 2 is 1.96 bits per heavy atom. The lowest BCUT2D eigenvalue weighted by molar-refractivity contribution is -0.127. The van der Waals surface area contributed by atoms with Gasteiger partial charge in [0.05, 0.1) is 12.2 Å². The maximum absolute atomic E-state index is 12.9. The highest BCUT2D eigenvalue weighted by Crippen LogP contribution is 2.33. The lowest BCUT2D eigenvalue weighted by Gasteiger charge is -2.34. The molecule has 0 fully saturated rings. The molecule has 1 heterocycles. The van der Waals surface area contributed by atoms with Gasteiger partial charge in [-0.2, -0.15) is 0 Å². The number of carbonyl (C=O) groups excluding carboxylic acids is 2. The van der Waals surface area contributed by atoms with Gasteiger partial charge in [-0.05, 0) is 36.4 Å². The summed E-state index contributed by atoms with van der Waals surface area (Å²) in [5, 5.41) is 2.56. The molecule has 3 rings (SSSR count). The van der Waals surface area contributed by atoms with E-state index in [9.17, 15) is 14.0 Å². The predicted molar refractivity (Wildman–Crippen MR) is 99.0 cm³/mol. The number of benzene rings is 2. The molecule has 0 bridgehead atoms. The van der Waals surface area contributed by atoms with Crippen molar-refractivity contribution in [3.63, 3.8) is 0 Å². The summed E-state index contributed by atoms with van der Waals surface area (Å²) >= 11 is 1.49. The molecule has 26 heavy (non-hydrogen) atoms. The van der Waals surface area contributed by atoms with E-state index in [1.54, 1.807) is 35.2 Å². The third-order valence-electron chi connectivity index (χ3n) is 4.01. The molecule has 7 heteroatoms. The second kappa shape index (κ2) is 8.23.